The summed E-state index contributed by atoms with van der Waals surface area (Å²) in [5.41, 5.74) is 0.622. The summed E-state index contributed by atoms with van der Waals surface area (Å²) < 4.78 is 0. The molecule has 0 fully saturated rings. The third kappa shape index (κ3) is 3.78. The minimum atomic E-state index is -0.147. The van der Waals surface area contributed by atoms with Crippen LogP contribution in [0.3, 0.4) is 0 Å². The highest BCUT2D eigenvalue weighted by atomic mass is 32.2. The molecule has 0 bridgehead atoms. The summed E-state index contributed by atoms with van der Waals surface area (Å²) in [6.07, 6.45) is 0. The lowest BCUT2D eigenvalue weighted by atomic mass is 10.2. The topological polar surface area (TPSA) is 44.1 Å². The first kappa shape index (κ1) is 14.6. The molecule has 1 rings (SSSR count). The molecule has 0 spiro atoms. The van der Waals surface area contributed by atoms with Gasteiger partial charge in [-0.05, 0) is 39.0 Å². The molecule has 1 unspecified atom stereocenters. The van der Waals surface area contributed by atoms with Crippen LogP contribution in [0.15, 0.2) is 29.2 Å². The molecule has 3 nitrogen and oxygen atoms in total. The first-order valence-corrected chi connectivity index (χ1v) is 6.77. The van der Waals surface area contributed by atoms with E-state index >= 15 is 0 Å². The van der Waals surface area contributed by atoms with Crippen molar-refractivity contribution in [3.05, 3.63) is 29.8 Å². The second kappa shape index (κ2) is 6.46. The Balaban J connectivity index is 2.72. The lowest BCUT2D eigenvalue weighted by Gasteiger charge is -2.24. The largest absolute Gasteiger partial charge is 0.342 e. The van der Waals surface area contributed by atoms with E-state index in [-0.39, 0.29) is 17.2 Å². The van der Waals surface area contributed by atoms with Gasteiger partial charge in [-0.15, -0.1) is 11.8 Å². The quantitative estimate of drug-likeness (QED) is 0.784. The monoisotopic (exact) mass is 262 g/mol. The molecule has 1 amide bonds. The van der Waals surface area contributed by atoms with E-state index in [9.17, 15) is 4.79 Å². The van der Waals surface area contributed by atoms with E-state index < -0.39 is 0 Å². The van der Waals surface area contributed by atoms with Gasteiger partial charge in [-0.2, -0.15) is 5.26 Å². The van der Waals surface area contributed by atoms with Gasteiger partial charge in [0, 0.05) is 18.0 Å². The van der Waals surface area contributed by atoms with Crippen molar-refractivity contribution in [2.45, 2.75) is 37.0 Å². The Morgan fingerprint density at radius 3 is 2.61 bits per heavy atom. The Kier molecular flexibility index (Phi) is 5.24. The number of carbonyl (C=O) groups excluding carboxylic acids is 1. The van der Waals surface area contributed by atoms with E-state index in [4.69, 9.17) is 5.26 Å². The van der Waals surface area contributed by atoms with Gasteiger partial charge in [0.25, 0.3) is 0 Å². The molecule has 18 heavy (non-hydrogen) atoms. The summed E-state index contributed by atoms with van der Waals surface area (Å²) >= 11 is 1.48. The SMILES string of the molecule is CC(Sc1cccc(C#N)c1)C(=O)N(C)C(C)C. The minimum absolute atomic E-state index is 0.109. The lowest BCUT2D eigenvalue weighted by Crippen LogP contribution is -2.38. The molecule has 4 heteroatoms. The maximum atomic E-state index is 12.1. The van der Waals surface area contributed by atoms with Crippen LogP contribution < -0.4 is 0 Å². The first-order valence-electron chi connectivity index (χ1n) is 5.89. The fourth-order valence-electron chi connectivity index (χ4n) is 1.43. The van der Waals surface area contributed by atoms with Gasteiger partial charge < -0.3 is 4.90 Å². The van der Waals surface area contributed by atoms with Crippen molar-refractivity contribution >= 4 is 17.7 Å². The number of hydrogen-bond donors (Lipinski definition) is 0. The van der Waals surface area contributed by atoms with Crippen LogP contribution in [0.25, 0.3) is 0 Å². The average molecular weight is 262 g/mol. The number of hydrogen-bond acceptors (Lipinski definition) is 3. The highest BCUT2D eigenvalue weighted by molar-refractivity contribution is 8.00. The Bertz CT molecular complexity index is 465. The molecule has 0 aliphatic rings. The van der Waals surface area contributed by atoms with Gasteiger partial charge in [-0.1, -0.05) is 6.07 Å². The number of amides is 1. The molecule has 1 aromatic rings. The van der Waals surface area contributed by atoms with E-state index in [2.05, 4.69) is 6.07 Å². The predicted octanol–water partition coefficient (Wildman–Crippen LogP) is 2.91. The molecule has 0 aliphatic heterocycles. The van der Waals surface area contributed by atoms with E-state index in [0.717, 1.165) is 4.90 Å². The minimum Gasteiger partial charge on any atom is -0.342 e. The van der Waals surface area contributed by atoms with Crippen molar-refractivity contribution < 1.29 is 4.79 Å². The van der Waals surface area contributed by atoms with Crippen LogP contribution in [0, 0.1) is 11.3 Å². The van der Waals surface area contributed by atoms with Gasteiger partial charge in [0.2, 0.25) is 5.91 Å². The molecule has 0 N–H and O–H groups in total. The lowest BCUT2D eigenvalue weighted by molar-refractivity contribution is -0.130. The highest BCUT2D eigenvalue weighted by Crippen LogP contribution is 2.25. The van der Waals surface area contributed by atoms with E-state index in [1.807, 2.05) is 46.0 Å². The van der Waals surface area contributed by atoms with Gasteiger partial charge in [-0.3, -0.25) is 4.79 Å². The van der Waals surface area contributed by atoms with E-state index in [1.165, 1.54) is 11.8 Å². The first-order chi connectivity index (χ1) is 8.45. The van der Waals surface area contributed by atoms with Crippen LogP contribution in [-0.2, 0) is 4.79 Å². The summed E-state index contributed by atoms with van der Waals surface area (Å²) in [4.78, 5) is 14.8. The van der Waals surface area contributed by atoms with Crippen molar-refractivity contribution in [1.29, 1.82) is 5.26 Å². The van der Waals surface area contributed by atoms with Crippen LogP contribution in [0.5, 0.6) is 0 Å². The smallest absolute Gasteiger partial charge is 0.235 e. The third-order valence-corrected chi connectivity index (χ3v) is 3.83. The van der Waals surface area contributed by atoms with Gasteiger partial charge in [0.1, 0.15) is 0 Å². The summed E-state index contributed by atoms with van der Waals surface area (Å²) in [5.74, 6) is 0.109. The Morgan fingerprint density at radius 2 is 2.06 bits per heavy atom. The Morgan fingerprint density at radius 1 is 1.39 bits per heavy atom. The number of nitrogens with zero attached hydrogens (tertiary/aromatic N) is 2. The molecular formula is C14H18N2OS. The van der Waals surface area contributed by atoms with Crippen LogP contribution in [0.1, 0.15) is 26.3 Å². The van der Waals surface area contributed by atoms with Crippen LogP contribution in [-0.4, -0.2) is 29.1 Å². The van der Waals surface area contributed by atoms with Gasteiger partial charge in [0.05, 0.1) is 16.9 Å². The number of benzene rings is 1. The second-order valence-corrected chi connectivity index (χ2v) is 5.86. The Hall–Kier alpha value is -1.47. The van der Waals surface area contributed by atoms with Crippen molar-refractivity contribution in [1.82, 2.24) is 4.90 Å². The molecular weight excluding hydrogens is 244 g/mol. The number of carbonyl (C=O) groups is 1. The molecule has 0 heterocycles. The maximum Gasteiger partial charge on any atom is 0.235 e. The summed E-state index contributed by atoms with van der Waals surface area (Å²) in [7, 11) is 1.82. The van der Waals surface area contributed by atoms with Gasteiger partial charge in [-0.25, -0.2) is 0 Å². The second-order valence-electron chi connectivity index (χ2n) is 4.44. The van der Waals surface area contributed by atoms with Crippen LogP contribution >= 0.6 is 11.8 Å². The zero-order chi connectivity index (χ0) is 13.7. The molecule has 1 atom stereocenters. The van der Waals surface area contributed by atoms with Gasteiger partial charge >= 0.3 is 0 Å². The molecule has 0 aliphatic carbocycles. The van der Waals surface area contributed by atoms with Crippen molar-refractivity contribution in [2.24, 2.45) is 0 Å². The number of nitriles is 1. The summed E-state index contributed by atoms with van der Waals surface area (Å²) in [6.45, 7) is 5.88. The van der Waals surface area contributed by atoms with Crippen LogP contribution in [0.4, 0.5) is 0 Å². The zero-order valence-electron chi connectivity index (χ0n) is 11.2. The number of rotatable bonds is 4. The van der Waals surface area contributed by atoms with Crippen molar-refractivity contribution in [2.75, 3.05) is 7.05 Å². The van der Waals surface area contributed by atoms with E-state index in [1.54, 1.807) is 11.0 Å². The summed E-state index contributed by atoms with van der Waals surface area (Å²) in [5, 5.41) is 8.69. The standard InChI is InChI=1S/C14H18N2OS/c1-10(2)16(4)14(17)11(3)18-13-7-5-6-12(8-13)9-15/h5-8,10-11H,1-4H3. The maximum absolute atomic E-state index is 12.1. The molecule has 0 saturated carbocycles. The normalized spacial score (nSPS) is 12.0. The molecule has 1 aromatic carbocycles. The fourth-order valence-corrected chi connectivity index (χ4v) is 2.46. The van der Waals surface area contributed by atoms with Crippen molar-refractivity contribution in [3.63, 3.8) is 0 Å². The highest BCUT2D eigenvalue weighted by Gasteiger charge is 2.20. The van der Waals surface area contributed by atoms with E-state index in [0.29, 0.717) is 5.56 Å². The number of thioether (sulfide) groups is 1. The molecule has 0 radical (unpaired) electrons. The van der Waals surface area contributed by atoms with Crippen LogP contribution in [0.2, 0.25) is 0 Å². The average Bonchev–Trinajstić information content (AvgIpc) is 2.36. The van der Waals surface area contributed by atoms with Gasteiger partial charge in [0.15, 0.2) is 0 Å². The molecule has 0 aromatic heterocycles. The summed E-state index contributed by atoms with van der Waals surface area (Å²) in [6, 6.07) is 9.63. The zero-order valence-corrected chi connectivity index (χ0v) is 12.0. The molecule has 0 saturated heterocycles. The molecule has 96 valence electrons. The fraction of sp³-hybridized carbons (Fsp3) is 0.429. The Labute approximate surface area is 113 Å². The van der Waals surface area contributed by atoms with Crippen molar-refractivity contribution in [3.8, 4) is 6.07 Å². The third-order valence-electron chi connectivity index (χ3n) is 2.75. The predicted molar refractivity (Wildman–Crippen MR) is 74.4 cm³/mol.